The Bertz CT molecular complexity index is 426. The summed E-state index contributed by atoms with van der Waals surface area (Å²) in [5.41, 5.74) is 0. The van der Waals surface area contributed by atoms with E-state index in [-0.39, 0.29) is 22.6 Å². The molecule has 21 heavy (non-hydrogen) atoms. The van der Waals surface area contributed by atoms with E-state index in [1.165, 1.54) is 0 Å². The number of alkyl halides is 11. The normalized spacial score (nSPS) is 16.9. The standard InChI is InChI=1S/C7F13I/c8-1(2(9)21)3(10,11)4(12,13)5(14,15)6(16,17)7(18,19)20/b2-1-. The first-order chi connectivity index (χ1) is 8.85. The molecular formula is C7F13I. The maximum absolute atomic E-state index is 12.7. The lowest BCUT2D eigenvalue weighted by Crippen LogP contribution is -2.66. The minimum atomic E-state index is -7.76. The van der Waals surface area contributed by atoms with Gasteiger partial charge in [-0.1, -0.05) is 0 Å². The average molecular weight is 458 g/mol. The molecule has 0 radical (unpaired) electrons. The predicted octanol–water partition coefficient (Wildman–Crippen LogP) is 5.63. The third-order valence-electron chi connectivity index (χ3n) is 1.98. The van der Waals surface area contributed by atoms with Crippen LogP contribution in [0.5, 0.6) is 0 Å². The van der Waals surface area contributed by atoms with Gasteiger partial charge < -0.3 is 0 Å². The van der Waals surface area contributed by atoms with E-state index in [1.54, 1.807) is 0 Å². The molecule has 0 unspecified atom stereocenters. The summed E-state index contributed by atoms with van der Waals surface area (Å²) >= 11 is -0.0310. The summed E-state index contributed by atoms with van der Waals surface area (Å²) in [4.78, 5) is 0. The van der Waals surface area contributed by atoms with Gasteiger partial charge in [0, 0.05) is 0 Å². The van der Waals surface area contributed by atoms with Gasteiger partial charge in [0.2, 0.25) is 5.83 Å². The topological polar surface area (TPSA) is 0 Å². The van der Waals surface area contributed by atoms with Crippen LogP contribution in [0.3, 0.4) is 0 Å². The van der Waals surface area contributed by atoms with Crippen LogP contribution in [-0.2, 0) is 0 Å². The van der Waals surface area contributed by atoms with Gasteiger partial charge in [-0.2, -0.15) is 52.7 Å². The Hall–Kier alpha value is -0.440. The van der Waals surface area contributed by atoms with E-state index < -0.39 is 39.5 Å². The molecule has 0 rings (SSSR count). The summed E-state index contributed by atoms with van der Waals surface area (Å²) in [6.45, 7) is 0. The third kappa shape index (κ3) is 2.91. The van der Waals surface area contributed by atoms with Crippen molar-refractivity contribution >= 4 is 22.6 Å². The summed E-state index contributed by atoms with van der Waals surface area (Å²) in [5, 5.41) is 0. The van der Waals surface area contributed by atoms with Gasteiger partial charge in [-0.15, -0.1) is 0 Å². The highest BCUT2D eigenvalue weighted by Crippen LogP contribution is 2.59. The lowest BCUT2D eigenvalue weighted by molar-refractivity contribution is -0.419. The van der Waals surface area contributed by atoms with Gasteiger partial charge in [-0.3, -0.25) is 0 Å². The van der Waals surface area contributed by atoms with Gasteiger partial charge >= 0.3 is 29.9 Å². The monoisotopic (exact) mass is 458 g/mol. The molecule has 0 atom stereocenters. The molecule has 0 fully saturated rings. The van der Waals surface area contributed by atoms with Crippen molar-refractivity contribution in [2.45, 2.75) is 29.9 Å². The highest BCUT2D eigenvalue weighted by molar-refractivity contribution is 14.1. The Morgan fingerprint density at radius 2 is 0.905 bits per heavy atom. The summed E-state index contributed by atoms with van der Waals surface area (Å²) < 4.78 is 157. The molecule has 0 amide bonds. The van der Waals surface area contributed by atoms with Crippen LogP contribution in [0.15, 0.2) is 9.66 Å². The quantitative estimate of drug-likeness (QED) is 0.379. The van der Waals surface area contributed by atoms with Crippen LogP contribution >= 0.6 is 22.6 Å². The first kappa shape index (κ1) is 20.6. The molecule has 0 aliphatic rings. The Morgan fingerprint density at radius 3 is 1.14 bits per heavy atom. The molecule has 126 valence electrons. The first-order valence-electron chi connectivity index (χ1n) is 4.15. The fourth-order valence-corrected chi connectivity index (χ4v) is 1.17. The van der Waals surface area contributed by atoms with E-state index in [0.717, 1.165) is 0 Å². The summed E-state index contributed by atoms with van der Waals surface area (Å²) in [6.07, 6.45) is -7.35. The largest absolute Gasteiger partial charge is 0.460 e. The second-order valence-electron chi connectivity index (χ2n) is 3.37. The maximum atomic E-state index is 12.7. The second-order valence-corrected chi connectivity index (χ2v) is 4.32. The molecule has 0 aromatic carbocycles. The van der Waals surface area contributed by atoms with Crippen molar-refractivity contribution in [3.63, 3.8) is 0 Å². The van der Waals surface area contributed by atoms with Gasteiger partial charge in [0.05, 0.1) is 0 Å². The van der Waals surface area contributed by atoms with Crippen LogP contribution in [0.2, 0.25) is 0 Å². The number of hydrogen-bond acceptors (Lipinski definition) is 0. The molecule has 0 bridgehead atoms. The van der Waals surface area contributed by atoms with Crippen molar-refractivity contribution in [3.05, 3.63) is 9.66 Å². The predicted molar refractivity (Wildman–Crippen MR) is 49.1 cm³/mol. The fraction of sp³-hybridized carbons (Fsp3) is 0.714. The molecule has 0 aromatic heterocycles. The third-order valence-corrected chi connectivity index (χ3v) is 2.45. The average Bonchev–Trinajstić information content (AvgIpc) is 2.25. The molecule has 0 nitrogen and oxygen atoms in total. The molecule has 0 aliphatic heterocycles. The van der Waals surface area contributed by atoms with Crippen LogP contribution in [0.4, 0.5) is 57.1 Å². The zero-order chi connectivity index (χ0) is 17.7. The van der Waals surface area contributed by atoms with Crippen molar-refractivity contribution < 1.29 is 57.1 Å². The van der Waals surface area contributed by atoms with Crippen LogP contribution < -0.4 is 0 Å². The first-order valence-corrected chi connectivity index (χ1v) is 5.22. The minimum absolute atomic E-state index is 0.0310. The molecule has 0 spiro atoms. The Morgan fingerprint density at radius 1 is 0.571 bits per heavy atom. The Kier molecular flexibility index (Phi) is 5.22. The molecule has 14 heteroatoms. The van der Waals surface area contributed by atoms with E-state index in [1.807, 2.05) is 0 Å². The highest BCUT2D eigenvalue weighted by Gasteiger charge is 2.88. The zero-order valence-electron chi connectivity index (χ0n) is 8.79. The van der Waals surface area contributed by atoms with E-state index in [4.69, 9.17) is 0 Å². The van der Waals surface area contributed by atoms with Crippen molar-refractivity contribution in [1.29, 1.82) is 0 Å². The molecule has 0 aromatic rings. The molecule has 0 aliphatic carbocycles. The van der Waals surface area contributed by atoms with E-state index >= 15 is 0 Å². The molecular weight excluding hydrogens is 458 g/mol. The lowest BCUT2D eigenvalue weighted by atomic mass is 9.97. The minimum Gasteiger partial charge on any atom is -0.201 e. The summed E-state index contributed by atoms with van der Waals surface area (Å²) in [7, 11) is 0. The number of rotatable bonds is 4. The Balaban J connectivity index is 6.20. The summed E-state index contributed by atoms with van der Waals surface area (Å²) in [5.74, 6) is -33.8. The molecule has 0 heterocycles. The maximum Gasteiger partial charge on any atom is 0.460 e. The molecule has 0 N–H and O–H groups in total. The van der Waals surface area contributed by atoms with Crippen LogP contribution in [0.25, 0.3) is 0 Å². The summed E-state index contributed by atoms with van der Waals surface area (Å²) in [6, 6.07) is 0. The molecule has 0 saturated heterocycles. The van der Waals surface area contributed by atoms with Crippen molar-refractivity contribution in [2.75, 3.05) is 0 Å². The van der Waals surface area contributed by atoms with E-state index in [0.29, 0.717) is 0 Å². The van der Waals surface area contributed by atoms with Crippen molar-refractivity contribution in [1.82, 2.24) is 0 Å². The van der Waals surface area contributed by atoms with Crippen LogP contribution in [0, 0.1) is 0 Å². The molecule has 0 saturated carbocycles. The SMILES string of the molecule is F/C(I)=C(/F)C(F)(F)C(F)(F)C(F)(F)C(F)(F)C(F)(F)F. The van der Waals surface area contributed by atoms with Crippen LogP contribution in [-0.4, -0.2) is 29.9 Å². The van der Waals surface area contributed by atoms with Crippen molar-refractivity contribution in [3.8, 4) is 0 Å². The van der Waals surface area contributed by atoms with E-state index in [2.05, 4.69) is 0 Å². The number of halogens is 14. The lowest BCUT2D eigenvalue weighted by Gasteiger charge is -2.36. The number of hydrogen-bond donors (Lipinski definition) is 0. The number of allylic oxidation sites excluding steroid dienone is 1. The smallest absolute Gasteiger partial charge is 0.201 e. The van der Waals surface area contributed by atoms with Gasteiger partial charge in [0.1, 0.15) is 0 Å². The van der Waals surface area contributed by atoms with Gasteiger partial charge in [-0.25, -0.2) is 4.39 Å². The highest BCUT2D eigenvalue weighted by atomic mass is 127. The van der Waals surface area contributed by atoms with Gasteiger partial charge in [-0.05, 0) is 22.6 Å². The fourth-order valence-electron chi connectivity index (χ4n) is 0.829. The van der Waals surface area contributed by atoms with Crippen molar-refractivity contribution in [2.24, 2.45) is 0 Å². The Labute approximate surface area is 120 Å². The van der Waals surface area contributed by atoms with Gasteiger partial charge in [0.25, 0.3) is 0 Å². The van der Waals surface area contributed by atoms with Crippen LogP contribution in [0.1, 0.15) is 0 Å². The second kappa shape index (κ2) is 5.33. The van der Waals surface area contributed by atoms with E-state index in [9.17, 15) is 57.1 Å². The zero-order valence-corrected chi connectivity index (χ0v) is 10.9. The van der Waals surface area contributed by atoms with Gasteiger partial charge in [0.15, 0.2) is 3.83 Å².